The van der Waals surface area contributed by atoms with Gasteiger partial charge in [-0.25, -0.2) is 19.9 Å². The van der Waals surface area contributed by atoms with E-state index >= 15 is 0 Å². The maximum absolute atomic E-state index is 6.70. The van der Waals surface area contributed by atoms with Gasteiger partial charge in [0.2, 0.25) is 0 Å². The lowest BCUT2D eigenvalue weighted by Gasteiger charge is -2.11. The lowest BCUT2D eigenvalue weighted by molar-refractivity contribution is 0.669. The summed E-state index contributed by atoms with van der Waals surface area (Å²) in [5, 5.41) is 4.37. The van der Waals surface area contributed by atoms with Gasteiger partial charge >= 0.3 is 0 Å². The van der Waals surface area contributed by atoms with Gasteiger partial charge < -0.3 is 8.83 Å². The topological polar surface area (TPSA) is 77.8 Å². The molecule has 290 valence electrons. The van der Waals surface area contributed by atoms with Crippen LogP contribution in [0, 0.1) is 0 Å². The first-order valence-corrected chi connectivity index (χ1v) is 20.6. The summed E-state index contributed by atoms with van der Waals surface area (Å²) in [6, 6.07) is 66.5. The predicted octanol–water partition coefficient (Wildman–Crippen LogP) is 14.7. The van der Waals surface area contributed by atoms with Crippen molar-refractivity contribution in [2.75, 3.05) is 0 Å². The normalized spacial score (nSPS) is 11.5. The molecule has 8 aromatic carbocycles. The SMILES string of the molecule is c1ccc(-c2cnc(-c3ccc(-c4nc(-c5ccccc5)cc(-c5ccc(-c6ccc(-c7ccc8oc9ccccc9c8c7)c7c6oc6ccccc67)cc5)n4)cc3)nc2)cc1. The maximum Gasteiger partial charge on any atom is 0.160 e. The Morgan fingerprint density at radius 1 is 0.306 bits per heavy atom. The largest absolute Gasteiger partial charge is 0.456 e. The zero-order valence-electron chi connectivity index (χ0n) is 33.2. The van der Waals surface area contributed by atoms with Crippen molar-refractivity contribution in [3.8, 4) is 78.7 Å². The fourth-order valence-corrected chi connectivity index (χ4v) is 8.52. The Hall–Kier alpha value is -8.48. The third-order valence-electron chi connectivity index (χ3n) is 11.7. The molecule has 0 aliphatic heterocycles. The van der Waals surface area contributed by atoms with Crippen molar-refractivity contribution in [3.63, 3.8) is 0 Å². The van der Waals surface area contributed by atoms with E-state index < -0.39 is 0 Å². The van der Waals surface area contributed by atoms with Gasteiger partial charge in [0.1, 0.15) is 22.3 Å². The Labute approximate surface area is 356 Å². The van der Waals surface area contributed by atoms with Crippen molar-refractivity contribution in [1.29, 1.82) is 0 Å². The molecule has 12 rings (SSSR count). The van der Waals surface area contributed by atoms with E-state index in [0.29, 0.717) is 11.6 Å². The van der Waals surface area contributed by atoms with E-state index in [0.717, 1.165) is 111 Å². The zero-order valence-corrected chi connectivity index (χ0v) is 33.2. The summed E-state index contributed by atoms with van der Waals surface area (Å²) < 4.78 is 12.9. The zero-order chi connectivity index (χ0) is 41.0. The molecule has 6 heteroatoms. The Morgan fingerprint density at radius 2 is 0.823 bits per heavy atom. The number of benzene rings is 8. The second-order valence-electron chi connectivity index (χ2n) is 15.4. The van der Waals surface area contributed by atoms with Crippen LogP contribution in [0.5, 0.6) is 0 Å². The highest BCUT2D eigenvalue weighted by Gasteiger charge is 2.19. The minimum atomic E-state index is 0.638. The molecule has 0 aliphatic rings. The van der Waals surface area contributed by atoms with Crippen molar-refractivity contribution >= 4 is 43.9 Å². The number of nitrogens with zero attached hydrogens (tertiary/aromatic N) is 4. The van der Waals surface area contributed by atoms with Crippen LogP contribution in [0.4, 0.5) is 0 Å². The number of hydrogen-bond donors (Lipinski definition) is 0. The van der Waals surface area contributed by atoms with Crippen LogP contribution in [-0.2, 0) is 0 Å². The molecular weight excluding hydrogens is 761 g/mol. The summed E-state index contributed by atoms with van der Waals surface area (Å²) in [6.07, 6.45) is 3.74. The monoisotopic (exact) mass is 794 g/mol. The molecule has 0 amide bonds. The number of rotatable bonds is 7. The molecule has 4 aromatic heterocycles. The van der Waals surface area contributed by atoms with E-state index in [4.69, 9.17) is 18.8 Å². The second kappa shape index (κ2) is 14.7. The van der Waals surface area contributed by atoms with Gasteiger partial charge in [0, 0.05) is 67.3 Å². The second-order valence-corrected chi connectivity index (χ2v) is 15.4. The van der Waals surface area contributed by atoms with Gasteiger partial charge in [-0.3, -0.25) is 0 Å². The number of hydrogen-bond acceptors (Lipinski definition) is 6. The first-order chi connectivity index (χ1) is 30.7. The van der Waals surface area contributed by atoms with E-state index in [1.165, 1.54) is 0 Å². The minimum absolute atomic E-state index is 0.638. The van der Waals surface area contributed by atoms with Gasteiger partial charge in [-0.2, -0.15) is 0 Å². The van der Waals surface area contributed by atoms with E-state index in [9.17, 15) is 0 Å². The van der Waals surface area contributed by atoms with E-state index in [1.807, 2.05) is 97.3 Å². The van der Waals surface area contributed by atoms with Gasteiger partial charge in [0.05, 0.1) is 11.4 Å². The molecule has 0 saturated heterocycles. The first-order valence-electron chi connectivity index (χ1n) is 20.6. The van der Waals surface area contributed by atoms with Gasteiger partial charge in [-0.1, -0.05) is 158 Å². The highest BCUT2D eigenvalue weighted by molar-refractivity contribution is 6.17. The Kier molecular flexibility index (Phi) is 8.38. The highest BCUT2D eigenvalue weighted by atomic mass is 16.3. The van der Waals surface area contributed by atoms with Crippen LogP contribution in [0.1, 0.15) is 0 Å². The average molecular weight is 795 g/mol. The predicted molar refractivity (Wildman–Crippen MR) is 250 cm³/mol. The fraction of sp³-hybridized carbons (Fsp3) is 0. The van der Waals surface area contributed by atoms with Crippen LogP contribution in [0.3, 0.4) is 0 Å². The Bertz CT molecular complexity index is 3600. The fourth-order valence-electron chi connectivity index (χ4n) is 8.52. The molecule has 0 aliphatic carbocycles. The molecular formula is C56H34N4O2. The molecule has 62 heavy (non-hydrogen) atoms. The summed E-state index contributed by atoms with van der Waals surface area (Å²) in [5.41, 5.74) is 15.3. The quantitative estimate of drug-likeness (QED) is 0.160. The average Bonchev–Trinajstić information content (AvgIpc) is 3.93. The van der Waals surface area contributed by atoms with Gasteiger partial charge in [-0.15, -0.1) is 0 Å². The van der Waals surface area contributed by atoms with E-state index in [-0.39, 0.29) is 0 Å². The molecule has 0 fully saturated rings. The van der Waals surface area contributed by atoms with Crippen molar-refractivity contribution in [2.24, 2.45) is 0 Å². The van der Waals surface area contributed by atoms with Crippen molar-refractivity contribution in [3.05, 3.63) is 207 Å². The molecule has 0 unspecified atom stereocenters. The number of furan rings is 2. The minimum Gasteiger partial charge on any atom is -0.456 e. The standard InChI is InChI=1S/C56H34N4O2/c1-3-11-35(12-4-1)42-33-57-55(58-34-42)39-23-25-40(26-24-39)56-59-48(37-13-5-2-6-14-37)32-49(60-56)38-21-19-36(20-22-38)44-29-28-43(53-46-16-8-10-18-51(46)62-54(44)53)41-27-30-52-47(31-41)45-15-7-9-17-50(45)61-52/h1-34H. The van der Waals surface area contributed by atoms with Crippen molar-refractivity contribution < 1.29 is 8.83 Å². The molecule has 0 atom stereocenters. The number of fused-ring (bicyclic) bond motifs is 6. The molecule has 12 aromatic rings. The van der Waals surface area contributed by atoms with Gasteiger partial charge in [-0.05, 0) is 58.7 Å². The smallest absolute Gasteiger partial charge is 0.160 e. The van der Waals surface area contributed by atoms with Crippen molar-refractivity contribution in [1.82, 2.24) is 19.9 Å². The van der Waals surface area contributed by atoms with E-state index in [2.05, 4.69) is 119 Å². The summed E-state index contributed by atoms with van der Waals surface area (Å²) in [4.78, 5) is 19.6. The lowest BCUT2D eigenvalue weighted by atomic mass is 9.93. The molecule has 4 heterocycles. The van der Waals surface area contributed by atoms with Crippen LogP contribution in [0.25, 0.3) is 123 Å². The summed E-state index contributed by atoms with van der Waals surface area (Å²) in [7, 11) is 0. The van der Waals surface area contributed by atoms with E-state index in [1.54, 1.807) is 0 Å². The Morgan fingerprint density at radius 3 is 1.53 bits per heavy atom. The van der Waals surface area contributed by atoms with Crippen molar-refractivity contribution in [2.45, 2.75) is 0 Å². The van der Waals surface area contributed by atoms with Crippen LogP contribution >= 0.6 is 0 Å². The molecule has 0 saturated carbocycles. The van der Waals surface area contributed by atoms with Crippen LogP contribution in [-0.4, -0.2) is 19.9 Å². The van der Waals surface area contributed by atoms with Crippen LogP contribution in [0.15, 0.2) is 215 Å². The molecule has 0 radical (unpaired) electrons. The van der Waals surface area contributed by atoms with Gasteiger partial charge in [0.15, 0.2) is 11.6 Å². The lowest BCUT2D eigenvalue weighted by Crippen LogP contribution is -1.96. The third kappa shape index (κ3) is 6.21. The molecule has 0 bridgehead atoms. The number of aromatic nitrogens is 4. The van der Waals surface area contributed by atoms with Gasteiger partial charge in [0.25, 0.3) is 0 Å². The summed E-state index contributed by atoms with van der Waals surface area (Å²) >= 11 is 0. The first kappa shape index (κ1) is 35.5. The maximum atomic E-state index is 6.70. The molecule has 0 spiro atoms. The summed E-state index contributed by atoms with van der Waals surface area (Å²) in [5.74, 6) is 1.30. The Balaban J connectivity index is 0.908. The summed E-state index contributed by atoms with van der Waals surface area (Å²) in [6.45, 7) is 0. The number of para-hydroxylation sites is 2. The third-order valence-corrected chi connectivity index (χ3v) is 11.7. The molecule has 0 N–H and O–H groups in total. The molecule has 6 nitrogen and oxygen atoms in total. The highest BCUT2D eigenvalue weighted by Crippen LogP contribution is 2.43. The van der Waals surface area contributed by atoms with Crippen LogP contribution < -0.4 is 0 Å². The van der Waals surface area contributed by atoms with Crippen LogP contribution in [0.2, 0.25) is 0 Å².